The van der Waals surface area contributed by atoms with Crippen LogP contribution in [0.5, 0.6) is 0 Å². The summed E-state index contributed by atoms with van der Waals surface area (Å²) in [7, 11) is 1.90. The Balaban J connectivity index is 1.91. The Morgan fingerprint density at radius 3 is 2.64 bits per heavy atom. The quantitative estimate of drug-likeness (QED) is 0.892. The van der Waals surface area contributed by atoms with Crippen molar-refractivity contribution in [1.29, 1.82) is 0 Å². The third-order valence-corrected chi connectivity index (χ3v) is 5.22. The normalized spacial score (nSPS) is 21.2. The Morgan fingerprint density at radius 1 is 1.36 bits per heavy atom. The summed E-state index contributed by atoms with van der Waals surface area (Å²) in [6, 6.07) is 7.81. The van der Waals surface area contributed by atoms with E-state index in [4.69, 9.17) is 11.6 Å². The number of hydrogen-bond acceptors (Lipinski definition) is 2. The lowest BCUT2D eigenvalue weighted by molar-refractivity contribution is -0.133. The van der Waals surface area contributed by atoms with Crippen LogP contribution < -0.4 is 5.32 Å². The largest absolute Gasteiger partial charge is 0.339 e. The molecule has 1 heterocycles. The van der Waals surface area contributed by atoms with E-state index in [-0.39, 0.29) is 11.9 Å². The van der Waals surface area contributed by atoms with Gasteiger partial charge in [0.15, 0.2) is 0 Å². The van der Waals surface area contributed by atoms with E-state index in [0.717, 1.165) is 23.7 Å². The van der Waals surface area contributed by atoms with E-state index in [0.29, 0.717) is 18.3 Å². The average molecular weight is 323 g/mol. The summed E-state index contributed by atoms with van der Waals surface area (Å²) in [5.74, 6) is 1.28. The summed E-state index contributed by atoms with van der Waals surface area (Å²) < 4.78 is 0. The molecule has 0 saturated carbocycles. The maximum absolute atomic E-state index is 12.6. The molecule has 1 amide bonds. The molecule has 0 bridgehead atoms. The van der Waals surface area contributed by atoms with Crippen molar-refractivity contribution in [3.05, 3.63) is 34.9 Å². The molecule has 3 atom stereocenters. The van der Waals surface area contributed by atoms with Gasteiger partial charge in [0.2, 0.25) is 5.91 Å². The van der Waals surface area contributed by atoms with Crippen molar-refractivity contribution in [1.82, 2.24) is 10.2 Å². The number of amides is 1. The molecule has 1 aliphatic rings. The fourth-order valence-electron chi connectivity index (χ4n) is 3.13. The molecule has 3 nitrogen and oxygen atoms in total. The van der Waals surface area contributed by atoms with Gasteiger partial charge in [-0.2, -0.15) is 0 Å². The zero-order valence-corrected chi connectivity index (χ0v) is 14.6. The second kappa shape index (κ2) is 7.98. The van der Waals surface area contributed by atoms with Gasteiger partial charge in [-0.25, -0.2) is 0 Å². The minimum Gasteiger partial charge on any atom is -0.339 e. The minimum atomic E-state index is 0.0708. The molecule has 4 heteroatoms. The number of hydrogen-bond donors (Lipinski definition) is 1. The van der Waals surface area contributed by atoms with Crippen LogP contribution in [0.1, 0.15) is 44.7 Å². The highest BCUT2D eigenvalue weighted by molar-refractivity contribution is 6.30. The van der Waals surface area contributed by atoms with Crippen molar-refractivity contribution in [2.24, 2.45) is 11.8 Å². The highest BCUT2D eigenvalue weighted by Gasteiger charge is 2.25. The Kier molecular flexibility index (Phi) is 6.27. The van der Waals surface area contributed by atoms with Crippen molar-refractivity contribution >= 4 is 17.5 Å². The van der Waals surface area contributed by atoms with E-state index in [9.17, 15) is 4.79 Å². The van der Waals surface area contributed by atoms with Crippen LogP contribution in [0.25, 0.3) is 0 Å². The van der Waals surface area contributed by atoms with Crippen molar-refractivity contribution < 1.29 is 4.79 Å². The van der Waals surface area contributed by atoms with Crippen molar-refractivity contribution in [3.8, 4) is 0 Å². The van der Waals surface area contributed by atoms with Gasteiger partial charge in [0.05, 0.1) is 6.04 Å². The number of benzene rings is 1. The van der Waals surface area contributed by atoms with Crippen LogP contribution in [0, 0.1) is 11.8 Å². The van der Waals surface area contributed by atoms with Gasteiger partial charge < -0.3 is 10.2 Å². The number of carbonyl (C=O) groups is 1. The van der Waals surface area contributed by atoms with Crippen molar-refractivity contribution in [2.75, 3.05) is 20.1 Å². The predicted molar refractivity (Wildman–Crippen MR) is 92.0 cm³/mol. The van der Waals surface area contributed by atoms with E-state index in [1.807, 2.05) is 36.2 Å². The second-order valence-electron chi connectivity index (χ2n) is 6.52. The number of nitrogens with one attached hydrogen (secondary N) is 1. The molecular weight excluding hydrogens is 296 g/mol. The Morgan fingerprint density at radius 2 is 2.05 bits per heavy atom. The van der Waals surface area contributed by atoms with Gasteiger partial charge in [0.1, 0.15) is 0 Å². The van der Waals surface area contributed by atoms with Gasteiger partial charge in [0, 0.05) is 18.5 Å². The van der Waals surface area contributed by atoms with Crippen LogP contribution in [0.2, 0.25) is 5.02 Å². The fraction of sp³-hybridized carbons (Fsp3) is 0.611. The first-order chi connectivity index (χ1) is 10.5. The smallest absolute Gasteiger partial charge is 0.223 e. The minimum absolute atomic E-state index is 0.0708. The first-order valence-electron chi connectivity index (χ1n) is 8.21. The SMILES string of the molecule is CC(CC(=O)N(C)C(C)c1ccc(Cl)cc1)C1CCCNC1. The molecule has 1 N–H and O–H groups in total. The molecular formula is C18H27ClN2O. The molecule has 122 valence electrons. The molecule has 0 aromatic heterocycles. The molecule has 1 saturated heterocycles. The maximum Gasteiger partial charge on any atom is 0.223 e. The maximum atomic E-state index is 12.6. The molecule has 1 fully saturated rings. The Hall–Kier alpha value is -1.06. The van der Waals surface area contributed by atoms with Crippen LogP contribution >= 0.6 is 11.6 Å². The topological polar surface area (TPSA) is 32.3 Å². The molecule has 1 aromatic carbocycles. The Bertz CT molecular complexity index is 482. The number of rotatable bonds is 5. The third-order valence-electron chi connectivity index (χ3n) is 4.96. The van der Waals surface area contributed by atoms with Crippen LogP contribution in [-0.2, 0) is 4.79 Å². The van der Waals surface area contributed by atoms with Crippen LogP contribution in [0.4, 0.5) is 0 Å². The summed E-state index contributed by atoms with van der Waals surface area (Å²) in [5, 5.41) is 4.16. The molecule has 1 aliphatic heterocycles. The number of halogens is 1. The van der Waals surface area contributed by atoms with Gasteiger partial charge in [0.25, 0.3) is 0 Å². The van der Waals surface area contributed by atoms with E-state index in [1.165, 1.54) is 12.8 Å². The number of carbonyl (C=O) groups excluding carboxylic acids is 1. The molecule has 2 rings (SSSR count). The monoisotopic (exact) mass is 322 g/mol. The molecule has 22 heavy (non-hydrogen) atoms. The summed E-state index contributed by atoms with van der Waals surface area (Å²) >= 11 is 5.93. The highest BCUT2D eigenvalue weighted by Crippen LogP contribution is 2.26. The van der Waals surface area contributed by atoms with Crippen LogP contribution in [-0.4, -0.2) is 30.9 Å². The zero-order chi connectivity index (χ0) is 16.1. The lowest BCUT2D eigenvalue weighted by Crippen LogP contribution is -2.36. The molecule has 1 aromatic rings. The van der Waals surface area contributed by atoms with Gasteiger partial charge in [-0.3, -0.25) is 4.79 Å². The molecule has 3 unspecified atom stereocenters. The van der Waals surface area contributed by atoms with Gasteiger partial charge in [-0.05, 0) is 62.4 Å². The summed E-state index contributed by atoms with van der Waals surface area (Å²) in [4.78, 5) is 14.4. The number of nitrogens with zero attached hydrogens (tertiary/aromatic N) is 1. The van der Waals surface area contributed by atoms with Gasteiger partial charge >= 0.3 is 0 Å². The summed E-state index contributed by atoms with van der Waals surface area (Å²) in [5.41, 5.74) is 1.12. The predicted octanol–water partition coefficient (Wildman–Crippen LogP) is 3.89. The fourth-order valence-corrected chi connectivity index (χ4v) is 3.26. The van der Waals surface area contributed by atoms with Crippen LogP contribution in [0.15, 0.2) is 24.3 Å². The van der Waals surface area contributed by atoms with Crippen molar-refractivity contribution in [2.45, 2.75) is 39.2 Å². The van der Waals surface area contributed by atoms with E-state index in [2.05, 4.69) is 19.2 Å². The van der Waals surface area contributed by atoms with Crippen LogP contribution in [0.3, 0.4) is 0 Å². The van der Waals surface area contributed by atoms with Gasteiger partial charge in [-0.1, -0.05) is 30.7 Å². The molecule has 0 aliphatic carbocycles. The molecule has 0 spiro atoms. The van der Waals surface area contributed by atoms with E-state index >= 15 is 0 Å². The van der Waals surface area contributed by atoms with Crippen molar-refractivity contribution in [3.63, 3.8) is 0 Å². The lowest BCUT2D eigenvalue weighted by atomic mass is 9.85. The molecule has 0 radical (unpaired) electrons. The Labute approximate surface area is 139 Å². The first-order valence-corrected chi connectivity index (χ1v) is 8.58. The highest BCUT2D eigenvalue weighted by atomic mass is 35.5. The zero-order valence-electron chi connectivity index (χ0n) is 13.8. The van der Waals surface area contributed by atoms with E-state index in [1.54, 1.807) is 0 Å². The summed E-state index contributed by atoms with van der Waals surface area (Å²) in [6.07, 6.45) is 3.08. The lowest BCUT2D eigenvalue weighted by Gasteiger charge is -2.31. The third kappa shape index (κ3) is 4.47. The first kappa shape index (κ1) is 17.3. The summed E-state index contributed by atoms with van der Waals surface area (Å²) in [6.45, 7) is 6.43. The van der Waals surface area contributed by atoms with E-state index < -0.39 is 0 Å². The second-order valence-corrected chi connectivity index (χ2v) is 6.96. The number of piperidine rings is 1. The average Bonchev–Trinajstić information content (AvgIpc) is 2.55. The standard InChI is InChI=1S/C18H27ClN2O/c1-13(16-5-4-10-20-12-16)11-18(22)21(3)14(2)15-6-8-17(19)9-7-15/h6-9,13-14,16,20H,4-5,10-12H2,1-3H3. The van der Waals surface area contributed by atoms with Gasteiger partial charge in [-0.15, -0.1) is 0 Å².